The van der Waals surface area contributed by atoms with Gasteiger partial charge in [-0.15, -0.1) is 0 Å². The van der Waals surface area contributed by atoms with E-state index in [-0.39, 0.29) is 18.5 Å². The SMILES string of the molecule is CCCC/C=C\C/C=C\CCCCCCCC(=O)OCCCCCCCCCCCCCC/C=C\CCCCCCCCCCCCCCCCCCCC(=O)NC(CO)C(O)/C=C/CCCCCCCCCCCCCCCCCCCCCC. The summed E-state index contributed by atoms with van der Waals surface area (Å²) in [5.74, 6) is -0.0567. The first-order chi connectivity index (χ1) is 42.5. The Kier molecular flexibility index (Phi) is 73.4. The topological polar surface area (TPSA) is 95.9 Å². The first-order valence-electron chi connectivity index (χ1n) is 38.9. The van der Waals surface area contributed by atoms with Gasteiger partial charge in [0.15, 0.2) is 0 Å². The second-order valence-electron chi connectivity index (χ2n) is 26.7. The van der Waals surface area contributed by atoms with Crippen molar-refractivity contribution in [2.24, 2.45) is 0 Å². The van der Waals surface area contributed by atoms with Crippen LogP contribution in [-0.2, 0) is 14.3 Å². The molecule has 0 aromatic carbocycles. The maximum Gasteiger partial charge on any atom is 0.305 e. The number of hydrogen-bond donors (Lipinski definition) is 3. The van der Waals surface area contributed by atoms with Crippen molar-refractivity contribution < 1.29 is 24.5 Å². The highest BCUT2D eigenvalue weighted by atomic mass is 16.5. The summed E-state index contributed by atoms with van der Waals surface area (Å²) in [6.45, 7) is 4.90. The molecule has 1 amide bonds. The molecule has 0 fully saturated rings. The molecule has 0 heterocycles. The average Bonchev–Trinajstić information content (AvgIpc) is 3.56. The van der Waals surface area contributed by atoms with Crippen LogP contribution in [0.15, 0.2) is 48.6 Å². The number of carbonyl (C=O) groups is 2. The second-order valence-corrected chi connectivity index (χ2v) is 26.7. The number of amides is 1. The van der Waals surface area contributed by atoms with Gasteiger partial charge in [0.25, 0.3) is 0 Å². The molecular weight excluding hydrogens is 1050 g/mol. The van der Waals surface area contributed by atoms with E-state index in [1.165, 1.54) is 347 Å². The molecule has 3 N–H and O–H groups in total. The summed E-state index contributed by atoms with van der Waals surface area (Å²) in [7, 11) is 0. The molecule has 0 radical (unpaired) electrons. The number of aliphatic hydroxyl groups excluding tert-OH is 2. The van der Waals surface area contributed by atoms with Gasteiger partial charge >= 0.3 is 5.97 Å². The molecule has 506 valence electrons. The van der Waals surface area contributed by atoms with Crippen molar-refractivity contribution in [3.8, 4) is 0 Å². The minimum absolute atomic E-state index is 0.00408. The fourth-order valence-corrected chi connectivity index (χ4v) is 12.1. The molecule has 2 atom stereocenters. The van der Waals surface area contributed by atoms with Crippen LogP contribution in [0.3, 0.4) is 0 Å². The van der Waals surface area contributed by atoms with E-state index < -0.39 is 12.1 Å². The van der Waals surface area contributed by atoms with E-state index in [0.717, 1.165) is 51.4 Å². The third-order valence-electron chi connectivity index (χ3n) is 18.1. The van der Waals surface area contributed by atoms with Gasteiger partial charge in [0.1, 0.15) is 0 Å². The van der Waals surface area contributed by atoms with Crippen molar-refractivity contribution in [3.63, 3.8) is 0 Å². The first-order valence-corrected chi connectivity index (χ1v) is 38.9. The summed E-state index contributed by atoms with van der Waals surface area (Å²) in [5, 5.41) is 23.3. The van der Waals surface area contributed by atoms with E-state index in [2.05, 4.69) is 55.6 Å². The number of aliphatic hydroxyl groups is 2. The molecule has 2 unspecified atom stereocenters. The molecule has 0 aromatic heterocycles. The van der Waals surface area contributed by atoms with E-state index in [1.54, 1.807) is 6.08 Å². The minimum atomic E-state index is -0.844. The van der Waals surface area contributed by atoms with Crippen LogP contribution in [0.2, 0.25) is 0 Å². The molecule has 0 aromatic rings. The van der Waals surface area contributed by atoms with E-state index in [4.69, 9.17) is 4.74 Å². The Bertz CT molecular complexity index is 1440. The van der Waals surface area contributed by atoms with Crippen molar-refractivity contribution in [2.45, 2.75) is 437 Å². The van der Waals surface area contributed by atoms with Crippen molar-refractivity contribution >= 4 is 11.9 Å². The lowest BCUT2D eigenvalue weighted by Crippen LogP contribution is -2.45. The van der Waals surface area contributed by atoms with E-state index in [1.807, 2.05) is 6.08 Å². The van der Waals surface area contributed by atoms with Crippen LogP contribution in [0.25, 0.3) is 0 Å². The zero-order valence-electron chi connectivity index (χ0n) is 58.1. The monoisotopic (exact) mass is 1210 g/mol. The van der Waals surface area contributed by atoms with Gasteiger partial charge in [0.2, 0.25) is 5.91 Å². The van der Waals surface area contributed by atoms with Gasteiger partial charge < -0.3 is 20.3 Å². The van der Waals surface area contributed by atoms with Crippen molar-refractivity contribution in [1.82, 2.24) is 5.32 Å². The zero-order chi connectivity index (χ0) is 62.0. The number of ether oxygens (including phenoxy) is 1. The highest BCUT2D eigenvalue weighted by Crippen LogP contribution is 2.19. The number of unbranched alkanes of at least 4 members (excludes halogenated alkanes) is 56. The van der Waals surface area contributed by atoms with Crippen LogP contribution >= 0.6 is 0 Å². The van der Waals surface area contributed by atoms with Gasteiger partial charge in [-0.05, 0) is 83.5 Å². The number of rotatable bonds is 73. The smallest absolute Gasteiger partial charge is 0.305 e. The van der Waals surface area contributed by atoms with Gasteiger partial charge in [-0.25, -0.2) is 0 Å². The summed E-state index contributed by atoms with van der Waals surface area (Å²) in [6.07, 6.45) is 99.4. The summed E-state index contributed by atoms with van der Waals surface area (Å²) in [5.41, 5.74) is 0. The standard InChI is InChI=1S/C80H151NO5/c1-3-5-7-9-11-13-15-17-19-20-21-22-36-39-42-45-48-52-56-60-64-68-72-78(83)77(76-82)81-79(84)73-69-65-61-57-53-49-46-43-40-37-34-32-30-28-26-24-23-25-27-29-31-33-35-38-41-44-47-51-55-59-63-67-71-75-86-80(85)74-70-66-62-58-54-50-18-16-14-12-10-8-6-4-2/h10,12,16,18,27,29,68,72,77-78,82-83H,3-9,11,13-15,17,19-26,28,30-67,69-71,73-76H2,1-2H3,(H,81,84)/b12-10-,18-16-,29-27-,72-68+. The Morgan fingerprint density at radius 3 is 0.930 bits per heavy atom. The third kappa shape index (κ3) is 70.9. The van der Waals surface area contributed by atoms with Gasteiger partial charge in [0.05, 0.1) is 25.4 Å². The summed E-state index contributed by atoms with van der Waals surface area (Å²) >= 11 is 0. The molecule has 6 heteroatoms. The number of carbonyl (C=O) groups excluding carboxylic acids is 2. The van der Waals surface area contributed by atoms with Crippen molar-refractivity contribution in [2.75, 3.05) is 13.2 Å². The van der Waals surface area contributed by atoms with Gasteiger partial charge in [-0.3, -0.25) is 9.59 Å². The summed E-state index contributed by atoms with van der Waals surface area (Å²) in [6, 6.07) is -0.627. The number of allylic oxidation sites excluding steroid dienone is 7. The van der Waals surface area contributed by atoms with Crippen LogP contribution in [0.5, 0.6) is 0 Å². The van der Waals surface area contributed by atoms with Crippen molar-refractivity contribution in [3.05, 3.63) is 48.6 Å². The van der Waals surface area contributed by atoms with E-state index in [9.17, 15) is 19.8 Å². The minimum Gasteiger partial charge on any atom is -0.466 e. The molecule has 0 saturated carbocycles. The molecule has 0 aliphatic carbocycles. The first kappa shape index (κ1) is 83.8. The lowest BCUT2D eigenvalue weighted by molar-refractivity contribution is -0.143. The average molecular weight is 1210 g/mol. The lowest BCUT2D eigenvalue weighted by atomic mass is 10.0. The molecule has 0 spiro atoms. The fraction of sp³-hybridized carbons (Fsp3) is 0.875. The maximum absolute atomic E-state index is 12.5. The number of hydrogen-bond acceptors (Lipinski definition) is 5. The van der Waals surface area contributed by atoms with Crippen LogP contribution < -0.4 is 5.32 Å². The molecule has 6 nitrogen and oxygen atoms in total. The van der Waals surface area contributed by atoms with E-state index >= 15 is 0 Å². The predicted molar refractivity (Wildman–Crippen MR) is 379 cm³/mol. The van der Waals surface area contributed by atoms with Crippen LogP contribution in [0.1, 0.15) is 425 Å². The Morgan fingerprint density at radius 2 is 0.593 bits per heavy atom. The second kappa shape index (κ2) is 75.3. The molecule has 0 aliphatic heterocycles. The summed E-state index contributed by atoms with van der Waals surface area (Å²) in [4.78, 5) is 24.6. The Hall–Kier alpha value is -2.18. The van der Waals surface area contributed by atoms with Crippen molar-refractivity contribution in [1.29, 1.82) is 0 Å². The Morgan fingerprint density at radius 1 is 0.326 bits per heavy atom. The molecule has 0 bridgehead atoms. The Balaban J connectivity index is 3.38. The lowest BCUT2D eigenvalue weighted by Gasteiger charge is -2.20. The molecule has 0 aliphatic rings. The number of esters is 1. The fourth-order valence-electron chi connectivity index (χ4n) is 12.1. The van der Waals surface area contributed by atoms with Gasteiger partial charge in [-0.1, -0.05) is 377 Å². The normalized spacial score (nSPS) is 12.7. The highest BCUT2D eigenvalue weighted by molar-refractivity contribution is 5.76. The quantitative estimate of drug-likeness (QED) is 0.0320. The molecule has 0 rings (SSSR count). The predicted octanol–water partition coefficient (Wildman–Crippen LogP) is 25.6. The molecule has 86 heavy (non-hydrogen) atoms. The number of nitrogens with one attached hydrogen (secondary N) is 1. The van der Waals surface area contributed by atoms with Crippen LogP contribution in [-0.4, -0.2) is 47.4 Å². The molecule has 0 saturated heterocycles. The van der Waals surface area contributed by atoms with E-state index in [0.29, 0.717) is 19.4 Å². The molecular formula is C80H151NO5. The van der Waals surface area contributed by atoms with Gasteiger partial charge in [-0.2, -0.15) is 0 Å². The highest BCUT2D eigenvalue weighted by Gasteiger charge is 2.18. The van der Waals surface area contributed by atoms with Crippen LogP contribution in [0.4, 0.5) is 0 Å². The summed E-state index contributed by atoms with van der Waals surface area (Å²) < 4.78 is 5.48. The van der Waals surface area contributed by atoms with Gasteiger partial charge in [0, 0.05) is 12.8 Å². The van der Waals surface area contributed by atoms with Crippen LogP contribution in [0, 0.1) is 0 Å². The Labute approximate surface area is 537 Å². The third-order valence-corrected chi connectivity index (χ3v) is 18.1. The largest absolute Gasteiger partial charge is 0.466 e. The maximum atomic E-state index is 12.5. The zero-order valence-corrected chi connectivity index (χ0v) is 58.1.